The molecule has 1 aromatic carbocycles. The summed E-state index contributed by atoms with van der Waals surface area (Å²) in [6, 6.07) is 19.7. The van der Waals surface area contributed by atoms with Crippen LogP contribution in [0.1, 0.15) is 5.76 Å². The molecule has 0 bridgehead atoms. The number of aromatic nitrogens is 1. The molecule has 0 atom stereocenters. The third-order valence-corrected chi connectivity index (χ3v) is 3.19. The number of rotatable bonds is 7. The van der Waals surface area contributed by atoms with Crippen LogP contribution < -0.4 is 10.1 Å². The zero-order valence-electron chi connectivity index (χ0n) is 12.2. The normalized spacial score (nSPS) is 10.5. The van der Waals surface area contributed by atoms with Gasteiger partial charge < -0.3 is 14.5 Å². The molecule has 0 aliphatic rings. The van der Waals surface area contributed by atoms with Crippen LogP contribution in [0.25, 0.3) is 11.3 Å². The lowest BCUT2D eigenvalue weighted by molar-refractivity contribution is 0.300. The summed E-state index contributed by atoms with van der Waals surface area (Å²) in [5.74, 6) is 2.45. The molecule has 1 N–H and O–H groups in total. The van der Waals surface area contributed by atoms with Gasteiger partial charge in [0.05, 0.1) is 6.54 Å². The standard InChI is InChI=1S/C18H18N2O2/c1-2-6-15(7-3-1)17-10-9-16(22-17)14-19-12-13-21-18-8-4-5-11-20-18/h1-11,19H,12-14H2. The second-order valence-electron chi connectivity index (χ2n) is 4.83. The van der Waals surface area contributed by atoms with Gasteiger partial charge in [-0.1, -0.05) is 36.4 Å². The van der Waals surface area contributed by atoms with E-state index in [0.717, 1.165) is 23.6 Å². The molecule has 22 heavy (non-hydrogen) atoms. The topological polar surface area (TPSA) is 47.3 Å². The minimum atomic E-state index is 0.573. The van der Waals surface area contributed by atoms with E-state index in [0.29, 0.717) is 19.0 Å². The molecule has 3 rings (SSSR count). The fourth-order valence-electron chi connectivity index (χ4n) is 2.10. The number of benzene rings is 1. The molecule has 0 fully saturated rings. The van der Waals surface area contributed by atoms with Gasteiger partial charge in [-0.3, -0.25) is 0 Å². The van der Waals surface area contributed by atoms with E-state index in [1.54, 1.807) is 6.20 Å². The van der Waals surface area contributed by atoms with E-state index in [-0.39, 0.29) is 0 Å². The lowest BCUT2D eigenvalue weighted by Crippen LogP contribution is -2.20. The Morgan fingerprint density at radius 2 is 1.82 bits per heavy atom. The predicted molar refractivity (Wildman–Crippen MR) is 85.6 cm³/mol. The van der Waals surface area contributed by atoms with Crippen molar-refractivity contribution >= 4 is 0 Å². The van der Waals surface area contributed by atoms with Crippen molar-refractivity contribution in [2.45, 2.75) is 6.54 Å². The smallest absolute Gasteiger partial charge is 0.213 e. The molecule has 0 spiro atoms. The van der Waals surface area contributed by atoms with Crippen LogP contribution in [-0.4, -0.2) is 18.1 Å². The number of nitrogens with one attached hydrogen (secondary N) is 1. The van der Waals surface area contributed by atoms with Crippen LogP contribution in [-0.2, 0) is 6.54 Å². The van der Waals surface area contributed by atoms with E-state index in [4.69, 9.17) is 9.15 Å². The van der Waals surface area contributed by atoms with Crippen LogP contribution in [0.5, 0.6) is 5.88 Å². The van der Waals surface area contributed by atoms with Crippen LogP contribution in [0.3, 0.4) is 0 Å². The van der Waals surface area contributed by atoms with E-state index in [9.17, 15) is 0 Å². The van der Waals surface area contributed by atoms with Gasteiger partial charge in [-0.2, -0.15) is 0 Å². The fraction of sp³-hybridized carbons (Fsp3) is 0.167. The second kappa shape index (κ2) is 7.43. The summed E-state index contributed by atoms with van der Waals surface area (Å²) >= 11 is 0. The summed E-state index contributed by atoms with van der Waals surface area (Å²) < 4.78 is 11.3. The van der Waals surface area contributed by atoms with Crippen molar-refractivity contribution in [3.63, 3.8) is 0 Å². The van der Waals surface area contributed by atoms with Gasteiger partial charge in [0.15, 0.2) is 0 Å². The summed E-state index contributed by atoms with van der Waals surface area (Å²) in [6.45, 7) is 1.99. The zero-order valence-corrected chi connectivity index (χ0v) is 12.2. The first-order valence-corrected chi connectivity index (χ1v) is 7.30. The molecule has 112 valence electrons. The first kappa shape index (κ1) is 14.4. The average molecular weight is 294 g/mol. The van der Waals surface area contributed by atoms with Gasteiger partial charge >= 0.3 is 0 Å². The van der Waals surface area contributed by atoms with Crippen molar-refractivity contribution < 1.29 is 9.15 Å². The maximum absolute atomic E-state index is 5.82. The average Bonchev–Trinajstić information content (AvgIpc) is 3.05. The molecule has 0 aliphatic heterocycles. The van der Waals surface area contributed by atoms with Crippen LogP contribution in [0.4, 0.5) is 0 Å². The highest BCUT2D eigenvalue weighted by Gasteiger charge is 2.03. The van der Waals surface area contributed by atoms with E-state index in [1.165, 1.54) is 0 Å². The molecule has 4 nitrogen and oxygen atoms in total. The van der Waals surface area contributed by atoms with Crippen LogP contribution in [0.15, 0.2) is 71.3 Å². The minimum Gasteiger partial charge on any atom is -0.476 e. The van der Waals surface area contributed by atoms with E-state index < -0.39 is 0 Å². The Hall–Kier alpha value is -2.59. The van der Waals surface area contributed by atoms with Gasteiger partial charge in [-0.05, 0) is 18.2 Å². The Labute approximate surface area is 129 Å². The fourth-order valence-corrected chi connectivity index (χ4v) is 2.10. The predicted octanol–water partition coefficient (Wildman–Crippen LogP) is 3.51. The van der Waals surface area contributed by atoms with E-state index >= 15 is 0 Å². The van der Waals surface area contributed by atoms with Crippen molar-refractivity contribution in [2.75, 3.05) is 13.2 Å². The number of hydrogen-bond donors (Lipinski definition) is 1. The molecule has 2 aromatic heterocycles. The lowest BCUT2D eigenvalue weighted by atomic mass is 10.2. The van der Waals surface area contributed by atoms with Crippen molar-refractivity contribution in [3.8, 4) is 17.2 Å². The zero-order chi connectivity index (χ0) is 15.0. The Balaban J connectivity index is 1.42. The summed E-state index contributed by atoms with van der Waals surface area (Å²) in [4.78, 5) is 4.10. The number of nitrogens with zero attached hydrogens (tertiary/aromatic N) is 1. The molecule has 0 radical (unpaired) electrons. The molecule has 0 saturated heterocycles. The molecule has 4 heteroatoms. The number of pyridine rings is 1. The molecule has 0 amide bonds. The summed E-state index contributed by atoms with van der Waals surface area (Å²) in [5.41, 5.74) is 1.09. The van der Waals surface area contributed by atoms with E-state index in [1.807, 2.05) is 60.7 Å². The van der Waals surface area contributed by atoms with Gasteiger partial charge in [-0.25, -0.2) is 4.98 Å². The molecule has 3 aromatic rings. The van der Waals surface area contributed by atoms with Gasteiger partial charge in [0.1, 0.15) is 18.1 Å². The first-order chi connectivity index (χ1) is 10.9. The van der Waals surface area contributed by atoms with Gasteiger partial charge in [0.2, 0.25) is 5.88 Å². The summed E-state index contributed by atoms with van der Waals surface area (Å²) in [7, 11) is 0. The number of ether oxygens (including phenoxy) is 1. The molecular weight excluding hydrogens is 276 g/mol. The third-order valence-electron chi connectivity index (χ3n) is 3.19. The highest BCUT2D eigenvalue weighted by Crippen LogP contribution is 2.21. The minimum absolute atomic E-state index is 0.573. The third kappa shape index (κ3) is 3.96. The monoisotopic (exact) mass is 294 g/mol. The Kier molecular flexibility index (Phi) is 4.85. The number of hydrogen-bond acceptors (Lipinski definition) is 4. The molecule has 0 unspecified atom stereocenters. The van der Waals surface area contributed by atoms with Crippen LogP contribution in [0.2, 0.25) is 0 Å². The van der Waals surface area contributed by atoms with Crippen molar-refractivity contribution in [2.24, 2.45) is 0 Å². The summed E-state index contributed by atoms with van der Waals surface area (Å²) in [5, 5.41) is 3.29. The van der Waals surface area contributed by atoms with Crippen LogP contribution >= 0.6 is 0 Å². The Bertz CT molecular complexity index is 681. The highest BCUT2D eigenvalue weighted by molar-refractivity contribution is 5.57. The maximum atomic E-state index is 5.82. The number of furan rings is 1. The Morgan fingerprint density at radius 3 is 2.64 bits per heavy atom. The summed E-state index contributed by atoms with van der Waals surface area (Å²) in [6.07, 6.45) is 1.72. The van der Waals surface area contributed by atoms with Crippen molar-refractivity contribution in [1.29, 1.82) is 0 Å². The van der Waals surface area contributed by atoms with Crippen molar-refractivity contribution in [3.05, 3.63) is 72.6 Å². The SMILES string of the molecule is c1ccc(-c2ccc(CNCCOc3ccccn3)o2)cc1. The van der Waals surface area contributed by atoms with Crippen LogP contribution in [0, 0.1) is 0 Å². The van der Waals surface area contributed by atoms with Gasteiger partial charge in [0.25, 0.3) is 0 Å². The lowest BCUT2D eigenvalue weighted by Gasteiger charge is -2.05. The second-order valence-corrected chi connectivity index (χ2v) is 4.83. The largest absolute Gasteiger partial charge is 0.476 e. The van der Waals surface area contributed by atoms with Crippen molar-refractivity contribution in [1.82, 2.24) is 10.3 Å². The van der Waals surface area contributed by atoms with Gasteiger partial charge in [0, 0.05) is 24.4 Å². The maximum Gasteiger partial charge on any atom is 0.213 e. The Morgan fingerprint density at radius 1 is 0.955 bits per heavy atom. The molecular formula is C18H18N2O2. The van der Waals surface area contributed by atoms with Gasteiger partial charge in [-0.15, -0.1) is 0 Å². The quantitative estimate of drug-likeness (QED) is 0.677. The molecule has 0 saturated carbocycles. The first-order valence-electron chi connectivity index (χ1n) is 7.30. The van der Waals surface area contributed by atoms with E-state index in [2.05, 4.69) is 10.3 Å². The molecule has 2 heterocycles. The highest BCUT2D eigenvalue weighted by atomic mass is 16.5. The molecule has 0 aliphatic carbocycles.